The van der Waals surface area contributed by atoms with Gasteiger partial charge in [-0.2, -0.15) is 4.21 Å². The van der Waals surface area contributed by atoms with Gasteiger partial charge in [-0.15, -0.1) is 0 Å². The Morgan fingerprint density at radius 3 is 2.36 bits per heavy atom. The SMILES string of the molecule is CCC(C)(C)C(=O)OS(=O)O. The average molecular weight is 180 g/mol. The third-order valence-corrected chi connectivity index (χ3v) is 1.88. The molecule has 0 rings (SSSR count). The molecule has 0 bridgehead atoms. The topological polar surface area (TPSA) is 63.6 Å². The van der Waals surface area contributed by atoms with E-state index < -0.39 is 22.7 Å². The minimum Gasteiger partial charge on any atom is -0.343 e. The Morgan fingerprint density at radius 2 is 2.09 bits per heavy atom. The van der Waals surface area contributed by atoms with E-state index in [1.54, 1.807) is 13.8 Å². The molecule has 4 nitrogen and oxygen atoms in total. The van der Waals surface area contributed by atoms with Crippen molar-refractivity contribution in [3.05, 3.63) is 0 Å². The molecule has 0 aromatic heterocycles. The first kappa shape index (κ1) is 10.6. The Hall–Kier alpha value is -0.420. The lowest BCUT2D eigenvalue weighted by Crippen LogP contribution is -2.26. The maximum absolute atomic E-state index is 10.9. The Balaban J connectivity index is 4.13. The number of rotatable bonds is 3. The molecule has 1 unspecified atom stereocenters. The van der Waals surface area contributed by atoms with Crippen LogP contribution in [0.4, 0.5) is 0 Å². The largest absolute Gasteiger partial charge is 0.360 e. The van der Waals surface area contributed by atoms with Gasteiger partial charge in [0.15, 0.2) is 0 Å². The van der Waals surface area contributed by atoms with Gasteiger partial charge in [-0.1, -0.05) is 6.92 Å². The van der Waals surface area contributed by atoms with E-state index in [-0.39, 0.29) is 0 Å². The fourth-order valence-corrected chi connectivity index (χ4v) is 0.677. The van der Waals surface area contributed by atoms with Crippen molar-refractivity contribution in [2.75, 3.05) is 0 Å². The molecule has 0 aliphatic heterocycles. The van der Waals surface area contributed by atoms with Gasteiger partial charge in [0.25, 0.3) is 0 Å². The van der Waals surface area contributed by atoms with Gasteiger partial charge in [-0.05, 0) is 20.3 Å². The number of hydrogen-bond acceptors (Lipinski definition) is 3. The maximum Gasteiger partial charge on any atom is 0.360 e. The van der Waals surface area contributed by atoms with Crippen LogP contribution in [0.2, 0.25) is 0 Å². The molecule has 0 aromatic rings. The molecule has 0 radical (unpaired) electrons. The quantitative estimate of drug-likeness (QED) is 0.660. The highest BCUT2D eigenvalue weighted by atomic mass is 32.2. The monoisotopic (exact) mass is 180 g/mol. The molecule has 5 heteroatoms. The molecule has 0 amide bonds. The van der Waals surface area contributed by atoms with Crippen LogP contribution in [0.25, 0.3) is 0 Å². The molecule has 0 heterocycles. The highest BCUT2D eigenvalue weighted by molar-refractivity contribution is 7.74. The van der Waals surface area contributed by atoms with Gasteiger partial charge in [-0.25, -0.2) is 0 Å². The molecule has 1 N–H and O–H groups in total. The van der Waals surface area contributed by atoms with Crippen LogP contribution in [0.5, 0.6) is 0 Å². The second-order valence-electron chi connectivity index (χ2n) is 2.83. The zero-order chi connectivity index (χ0) is 9.07. The maximum atomic E-state index is 10.9. The third kappa shape index (κ3) is 3.48. The van der Waals surface area contributed by atoms with Gasteiger partial charge in [-0.3, -0.25) is 9.35 Å². The molecule has 0 saturated carbocycles. The first-order chi connectivity index (χ1) is 4.90. The van der Waals surface area contributed by atoms with Gasteiger partial charge in [0.05, 0.1) is 5.41 Å². The van der Waals surface area contributed by atoms with Crippen LogP contribution in [0.3, 0.4) is 0 Å². The Kier molecular flexibility index (Phi) is 3.68. The molecular weight excluding hydrogens is 168 g/mol. The van der Waals surface area contributed by atoms with Crippen molar-refractivity contribution in [1.82, 2.24) is 0 Å². The second-order valence-corrected chi connectivity index (χ2v) is 3.43. The van der Waals surface area contributed by atoms with Gasteiger partial charge in [0.2, 0.25) is 0 Å². The van der Waals surface area contributed by atoms with Gasteiger partial charge >= 0.3 is 17.3 Å². The minimum absolute atomic E-state index is 0.572. The van der Waals surface area contributed by atoms with E-state index in [0.29, 0.717) is 6.42 Å². The summed E-state index contributed by atoms with van der Waals surface area (Å²) >= 11 is -2.49. The van der Waals surface area contributed by atoms with Gasteiger partial charge < -0.3 is 4.18 Å². The van der Waals surface area contributed by atoms with Crippen LogP contribution in [0, 0.1) is 5.41 Å². The smallest absolute Gasteiger partial charge is 0.343 e. The van der Waals surface area contributed by atoms with E-state index in [9.17, 15) is 9.00 Å². The molecule has 0 saturated heterocycles. The zero-order valence-electron chi connectivity index (χ0n) is 6.79. The van der Waals surface area contributed by atoms with Crippen LogP contribution in [0.15, 0.2) is 0 Å². The van der Waals surface area contributed by atoms with Crippen molar-refractivity contribution >= 4 is 17.3 Å². The average Bonchev–Trinajstić information content (AvgIpc) is 1.86. The number of hydrogen-bond donors (Lipinski definition) is 1. The van der Waals surface area contributed by atoms with Crippen molar-refractivity contribution in [2.45, 2.75) is 27.2 Å². The lowest BCUT2D eigenvalue weighted by molar-refractivity contribution is -0.143. The van der Waals surface area contributed by atoms with E-state index in [2.05, 4.69) is 4.18 Å². The molecule has 1 atom stereocenters. The predicted molar refractivity (Wildman–Crippen MR) is 40.9 cm³/mol. The summed E-state index contributed by atoms with van der Waals surface area (Å²) in [6, 6.07) is 0. The highest BCUT2D eigenvalue weighted by Crippen LogP contribution is 2.21. The Bertz CT molecular complexity index is 175. The lowest BCUT2D eigenvalue weighted by atomic mass is 9.91. The van der Waals surface area contributed by atoms with Crippen LogP contribution >= 0.6 is 0 Å². The molecule has 0 fully saturated rings. The lowest BCUT2D eigenvalue weighted by Gasteiger charge is -2.17. The summed E-state index contributed by atoms with van der Waals surface area (Å²) in [5.74, 6) is -0.652. The molecule has 0 spiro atoms. The van der Waals surface area contributed by atoms with Crippen molar-refractivity contribution in [1.29, 1.82) is 0 Å². The van der Waals surface area contributed by atoms with Crippen LogP contribution in [0.1, 0.15) is 27.2 Å². The first-order valence-corrected chi connectivity index (χ1v) is 4.27. The first-order valence-electron chi connectivity index (χ1n) is 3.23. The molecule has 0 aliphatic rings. The molecule has 66 valence electrons. The Labute approximate surface area is 68.4 Å². The van der Waals surface area contributed by atoms with E-state index >= 15 is 0 Å². The summed E-state index contributed by atoms with van der Waals surface area (Å²) in [5.41, 5.74) is -0.682. The van der Waals surface area contributed by atoms with Crippen molar-refractivity contribution < 1.29 is 17.7 Å². The number of carbonyl (C=O) groups excluding carboxylic acids is 1. The summed E-state index contributed by atoms with van der Waals surface area (Å²) in [6.07, 6.45) is 0.572. The van der Waals surface area contributed by atoms with E-state index in [1.807, 2.05) is 6.92 Å². The fraction of sp³-hybridized carbons (Fsp3) is 0.833. The van der Waals surface area contributed by atoms with Crippen LogP contribution < -0.4 is 0 Å². The molecule has 11 heavy (non-hydrogen) atoms. The number of carbonyl (C=O) groups is 1. The normalized spacial score (nSPS) is 14.2. The summed E-state index contributed by atoms with van der Waals surface area (Å²) < 4.78 is 22.3. The predicted octanol–water partition coefficient (Wildman–Crippen LogP) is 1.10. The standard InChI is InChI=1S/C6H12O4S/c1-4-6(2,3)5(7)10-11(8)9/h4H2,1-3H3,(H,8,9). The highest BCUT2D eigenvalue weighted by Gasteiger charge is 2.28. The van der Waals surface area contributed by atoms with Crippen LogP contribution in [-0.2, 0) is 20.3 Å². The molecular formula is C6H12O4S. The van der Waals surface area contributed by atoms with Gasteiger partial charge in [0.1, 0.15) is 0 Å². The van der Waals surface area contributed by atoms with E-state index in [1.165, 1.54) is 0 Å². The summed E-state index contributed by atoms with van der Waals surface area (Å²) in [7, 11) is 0. The second kappa shape index (κ2) is 3.82. The molecule has 0 aliphatic carbocycles. The third-order valence-electron chi connectivity index (χ3n) is 1.58. The van der Waals surface area contributed by atoms with Crippen molar-refractivity contribution in [3.63, 3.8) is 0 Å². The van der Waals surface area contributed by atoms with Crippen molar-refractivity contribution in [3.8, 4) is 0 Å². The summed E-state index contributed by atoms with van der Waals surface area (Å²) in [6.45, 7) is 5.12. The minimum atomic E-state index is -2.49. The van der Waals surface area contributed by atoms with Crippen molar-refractivity contribution in [2.24, 2.45) is 5.41 Å². The fourth-order valence-electron chi connectivity index (χ4n) is 0.322. The summed E-state index contributed by atoms with van der Waals surface area (Å²) in [5, 5.41) is 0. The molecule has 0 aromatic carbocycles. The van der Waals surface area contributed by atoms with E-state index in [0.717, 1.165) is 0 Å². The Morgan fingerprint density at radius 1 is 1.64 bits per heavy atom. The summed E-state index contributed by atoms with van der Waals surface area (Å²) in [4.78, 5) is 10.9. The van der Waals surface area contributed by atoms with Crippen LogP contribution in [-0.4, -0.2) is 14.7 Å². The van der Waals surface area contributed by atoms with Gasteiger partial charge in [0, 0.05) is 0 Å². The zero-order valence-corrected chi connectivity index (χ0v) is 7.60. The van der Waals surface area contributed by atoms with E-state index in [4.69, 9.17) is 4.55 Å².